The Hall–Kier alpha value is -1.14. The molecule has 1 saturated carbocycles. The standard InChI is InChI=1S/C17H21ClN4O.ClH/c18-13-5-1-3-11(7-13)17-20-16(23-21-17)10-22-8-12-4-2-6-15(19)14(12)9-22;/h1,3,5,7,12,14-15H,2,4,6,8-10,19H2;1H. The zero-order valence-electron chi connectivity index (χ0n) is 13.4. The molecule has 2 aromatic rings. The molecule has 0 amide bonds. The Morgan fingerprint density at radius 3 is 2.96 bits per heavy atom. The van der Waals surface area contributed by atoms with Crippen molar-refractivity contribution in [1.29, 1.82) is 0 Å². The maximum Gasteiger partial charge on any atom is 0.241 e. The number of halogens is 2. The van der Waals surface area contributed by atoms with E-state index in [2.05, 4.69) is 15.0 Å². The number of nitrogens with zero attached hydrogens (tertiary/aromatic N) is 3. The topological polar surface area (TPSA) is 68.2 Å². The Morgan fingerprint density at radius 2 is 2.17 bits per heavy atom. The number of aromatic nitrogens is 2. The van der Waals surface area contributed by atoms with E-state index in [4.69, 9.17) is 21.9 Å². The lowest BCUT2D eigenvalue weighted by Gasteiger charge is -2.29. The molecule has 1 aliphatic heterocycles. The fraction of sp³-hybridized carbons (Fsp3) is 0.529. The first kappa shape index (κ1) is 17.7. The van der Waals surface area contributed by atoms with Crippen LogP contribution in [0.4, 0.5) is 0 Å². The van der Waals surface area contributed by atoms with E-state index in [0.717, 1.165) is 31.0 Å². The molecule has 0 bridgehead atoms. The Morgan fingerprint density at radius 1 is 1.29 bits per heavy atom. The highest BCUT2D eigenvalue weighted by Crippen LogP contribution is 2.36. The first-order valence-corrected chi connectivity index (χ1v) is 8.63. The van der Waals surface area contributed by atoms with Gasteiger partial charge in [0.2, 0.25) is 11.7 Å². The number of hydrogen-bond acceptors (Lipinski definition) is 5. The summed E-state index contributed by atoms with van der Waals surface area (Å²) in [6.45, 7) is 2.83. The first-order valence-electron chi connectivity index (χ1n) is 8.25. The maximum absolute atomic E-state index is 6.28. The summed E-state index contributed by atoms with van der Waals surface area (Å²) < 4.78 is 5.42. The second-order valence-corrected chi connectivity index (χ2v) is 7.17. The Bertz CT molecular complexity index is 693. The molecule has 2 fully saturated rings. The van der Waals surface area contributed by atoms with Gasteiger partial charge in [0.15, 0.2) is 0 Å². The van der Waals surface area contributed by atoms with E-state index in [1.54, 1.807) is 0 Å². The van der Waals surface area contributed by atoms with Crippen LogP contribution in [0.1, 0.15) is 25.2 Å². The molecule has 3 unspecified atom stereocenters. The molecule has 0 spiro atoms. The van der Waals surface area contributed by atoms with Gasteiger partial charge in [-0.15, -0.1) is 12.4 Å². The molecular formula is C17H22Cl2N4O. The molecule has 1 aromatic heterocycles. The number of fused-ring (bicyclic) bond motifs is 1. The van der Waals surface area contributed by atoms with Crippen molar-refractivity contribution < 1.29 is 4.52 Å². The first-order chi connectivity index (χ1) is 11.2. The summed E-state index contributed by atoms with van der Waals surface area (Å²) in [5.41, 5.74) is 7.16. The van der Waals surface area contributed by atoms with Gasteiger partial charge in [-0.2, -0.15) is 4.98 Å². The van der Waals surface area contributed by atoms with Crippen molar-refractivity contribution in [2.45, 2.75) is 31.8 Å². The summed E-state index contributed by atoms with van der Waals surface area (Å²) in [6.07, 6.45) is 3.72. The molecule has 4 rings (SSSR count). The van der Waals surface area contributed by atoms with Crippen LogP contribution in [0.15, 0.2) is 28.8 Å². The van der Waals surface area contributed by atoms with Crippen molar-refractivity contribution in [3.63, 3.8) is 0 Å². The van der Waals surface area contributed by atoms with E-state index < -0.39 is 0 Å². The third kappa shape index (κ3) is 3.59. The van der Waals surface area contributed by atoms with Crippen LogP contribution >= 0.6 is 24.0 Å². The van der Waals surface area contributed by atoms with Gasteiger partial charge in [-0.3, -0.25) is 4.90 Å². The normalized spacial score (nSPS) is 26.8. The Kier molecular flexibility index (Phi) is 5.45. The predicted octanol–water partition coefficient (Wildman–Crippen LogP) is 3.37. The predicted molar refractivity (Wildman–Crippen MR) is 96.1 cm³/mol. The van der Waals surface area contributed by atoms with Gasteiger partial charge in [0.25, 0.3) is 0 Å². The fourth-order valence-corrected chi connectivity index (χ4v) is 4.18. The van der Waals surface area contributed by atoms with Crippen LogP contribution < -0.4 is 5.73 Å². The molecule has 1 saturated heterocycles. The van der Waals surface area contributed by atoms with E-state index in [1.165, 1.54) is 12.8 Å². The molecule has 2 N–H and O–H groups in total. The third-order valence-electron chi connectivity index (χ3n) is 5.14. The summed E-state index contributed by atoms with van der Waals surface area (Å²) >= 11 is 6.02. The summed E-state index contributed by atoms with van der Waals surface area (Å²) in [5.74, 6) is 2.61. The van der Waals surface area contributed by atoms with E-state index in [1.807, 2.05) is 24.3 Å². The zero-order chi connectivity index (χ0) is 15.8. The third-order valence-corrected chi connectivity index (χ3v) is 5.37. The van der Waals surface area contributed by atoms with Crippen molar-refractivity contribution in [3.05, 3.63) is 35.2 Å². The molecule has 2 aliphatic rings. The highest BCUT2D eigenvalue weighted by atomic mass is 35.5. The Balaban J connectivity index is 0.00000169. The SMILES string of the molecule is Cl.NC1CCCC2CN(Cc3nc(-c4cccc(Cl)c4)no3)CC12. The average molecular weight is 369 g/mol. The van der Waals surface area contributed by atoms with Crippen molar-refractivity contribution >= 4 is 24.0 Å². The molecule has 7 heteroatoms. The second-order valence-electron chi connectivity index (χ2n) is 6.73. The highest BCUT2D eigenvalue weighted by Gasteiger charge is 2.38. The van der Waals surface area contributed by atoms with Crippen molar-refractivity contribution in [2.24, 2.45) is 17.6 Å². The molecule has 1 aromatic carbocycles. The van der Waals surface area contributed by atoms with Crippen LogP contribution in [0.3, 0.4) is 0 Å². The summed E-state index contributed by atoms with van der Waals surface area (Å²) in [5, 5.41) is 4.75. The highest BCUT2D eigenvalue weighted by molar-refractivity contribution is 6.30. The number of hydrogen-bond donors (Lipinski definition) is 1. The van der Waals surface area contributed by atoms with Gasteiger partial charge in [-0.05, 0) is 36.8 Å². The molecule has 1 aliphatic carbocycles. The molecule has 130 valence electrons. The fourth-order valence-electron chi connectivity index (χ4n) is 3.99. The van der Waals surface area contributed by atoms with Crippen LogP contribution in [-0.2, 0) is 6.54 Å². The summed E-state index contributed by atoms with van der Waals surface area (Å²) in [4.78, 5) is 6.91. The number of nitrogens with two attached hydrogens (primary N) is 1. The smallest absolute Gasteiger partial charge is 0.241 e. The summed E-state index contributed by atoms with van der Waals surface area (Å²) in [6, 6.07) is 7.86. The van der Waals surface area contributed by atoms with Gasteiger partial charge < -0.3 is 10.3 Å². The lowest BCUT2D eigenvalue weighted by atomic mass is 9.78. The quantitative estimate of drug-likeness (QED) is 0.899. The minimum Gasteiger partial charge on any atom is -0.338 e. The molecule has 24 heavy (non-hydrogen) atoms. The van der Waals surface area contributed by atoms with Crippen molar-refractivity contribution in [2.75, 3.05) is 13.1 Å². The molecule has 5 nitrogen and oxygen atoms in total. The van der Waals surface area contributed by atoms with Crippen LogP contribution in [0, 0.1) is 11.8 Å². The molecule has 3 atom stereocenters. The van der Waals surface area contributed by atoms with Gasteiger partial charge in [0.1, 0.15) is 0 Å². The molecule has 2 heterocycles. The van der Waals surface area contributed by atoms with Gasteiger partial charge in [0.05, 0.1) is 6.54 Å². The van der Waals surface area contributed by atoms with Gasteiger partial charge in [-0.25, -0.2) is 0 Å². The van der Waals surface area contributed by atoms with Crippen LogP contribution in [0.2, 0.25) is 5.02 Å². The van der Waals surface area contributed by atoms with Gasteiger partial charge >= 0.3 is 0 Å². The maximum atomic E-state index is 6.28. The number of rotatable bonds is 3. The van der Waals surface area contributed by atoms with Crippen LogP contribution in [0.25, 0.3) is 11.4 Å². The van der Waals surface area contributed by atoms with Gasteiger partial charge in [0, 0.05) is 29.7 Å². The lowest BCUT2D eigenvalue weighted by molar-refractivity contribution is 0.252. The van der Waals surface area contributed by atoms with E-state index in [9.17, 15) is 0 Å². The molecular weight excluding hydrogens is 347 g/mol. The minimum atomic E-state index is 0. The van der Waals surface area contributed by atoms with E-state index in [0.29, 0.717) is 35.2 Å². The average Bonchev–Trinajstić information content (AvgIpc) is 3.15. The van der Waals surface area contributed by atoms with Crippen molar-refractivity contribution in [3.8, 4) is 11.4 Å². The number of benzene rings is 1. The van der Waals surface area contributed by atoms with Crippen LogP contribution in [0.5, 0.6) is 0 Å². The minimum absolute atomic E-state index is 0. The zero-order valence-corrected chi connectivity index (χ0v) is 15.0. The number of likely N-dealkylation sites (tertiary alicyclic amines) is 1. The van der Waals surface area contributed by atoms with Gasteiger partial charge in [-0.1, -0.05) is 35.3 Å². The lowest BCUT2D eigenvalue weighted by Crippen LogP contribution is -2.38. The monoisotopic (exact) mass is 368 g/mol. The largest absolute Gasteiger partial charge is 0.338 e. The molecule has 0 radical (unpaired) electrons. The Labute approximate surface area is 153 Å². The van der Waals surface area contributed by atoms with E-state index >= 15 is 0 Å². The summed E-state index contributed by atoms with van der Waals surface area (Å²) in [7, 11) is 0. The second kappa shape index (κ2) is 7.40. The van der Waals surface area contributed by atoms with E-state index in [-0.39, 0.29) is 12.4 Å². The van der Waals surface area contributed by atoms with Crippen LogP contribution in [-0.4, -0.2) is 34.2 Å². The van der Waals surface area contributed by atoms with Crippen molar-refractivity contribution in [1.82, 2.24) is 15.0 Å².